The third kappa shape index (κ3) is 4.49. The molecule has 0 atom stereocenters. The van der Waals surface area contributed by atoms with Gasteiger partial charge in [0.1, 0.15) is 5.75 Å². The van der Waals surface area contributed by atoms with Gasteiger partial charge in [-0.3, -0.25) is 4.79 Å². The van der Waals surface area contributed by atoms with Gasteiger partial charge < -0.3 is 14.6 Å². The molecule has 0 saturated carbocycles. The van der Waals surface area contributed by atoms with Crippen LogP contribution < -0.4 is 14.9 Å². The Morgan fingerprint density at radius 3 is 2.46 bits per heavy atom. The lowest BCUT2D eigenvalue weighted by atomic mass is 10.1. The molecule has 0 aliphatic rings. The van der Waals surface area contributed by atoms with Crippen molar-refractivity contribution < 1.29 is 19.4 Å². The van der Waals surface area contributed by atoms with E-state index in [0.717, 1.165) is 16.7 Å². The average molecular weight is 328 g/mol. The first-order chi connectivity index (χ1) is 11.5. The highest BCUT2D eigenvalue weighted by Gasteiger charge is 2.06. The Balaban J connectivity index is 1.89. The fourth-order valence-corrected chi connectivity index (χ4v) is 2.16. The zero-order chi connectivity index (χ0) is 17.5. The third-order valence-electron chi connectivity index (χ3n) is 3.34. The standard InChI is InChI=1S/C18H20N2O4/c1-12-8-14(9-13(2)18(12)22)10-19-20-17(21)11-24-16-7-5-4-6-15(16)23-3/h4-10,22H,11H2,1-3H3,(H,20,21). The van der Waals surface area contributed by atoms with Gasteiger partial charge in [-0.05, 0) is 54.8 Å². The van der Waals surface area contributed by atoms with Gasteiger partial charge in [-0.25, -0.2) is 5.43 Å². The zero-order valence-corrected chi connectivity index (χ0v) is 13.9. The summed E-state index contributed by atoms with van der Waals surface area (Å²) in [6, 6.07) is 10.6. The van der Waals surface area contributed by atoms with Crippen molar-refractivity contribution in [2.24, 2.45) is 5.10 Å². The predicted octanol–water partition coefficient (Wildman–Crippen LogP) is 2.55. The first kappa shape index (κ1) is 17.3. The predicted molar refractivity (Wildman–Crippen MR) is 91.8 cm³/mol. The molecular formula is C18H20N2O4. The number of hydrogen-bond donors (Lipinski definition) is 2. The van der Waals surface area contributed by atoms with E-state index in [2.05, 4.69) is 10.5 Å². The van der Waals surface area contributed by atoms with Crippen molar-refractivity contribution in [1.82, 2.24) is 5.43 Å². The number of rotatable bonds is 6. The fourth-order valence-electron chi connectivity index (χ4n) is 2.16. The van der Waals surface area contributed by atoms with Crippen molar-refractivity contribution in [2.75, 3.05) is 13.7 Å². The molecule has 24 heavy (non-hydrogen) atoms. The second-order valence-electron chi connectivity index (χ2n) is 5.24. The number of carbonyl (C=O) groups excluding carboxylic acids is 1. The number of ether oxygens (including phenoxy) is 2. The highest BCUT2D eigenvalue weighted by Crippen LogP contribution is 2.25. The first-order valence-corrected chi connectivity index (χ1v) is 7.39. The molecule has 0 unspecified atom stereocenters. The lowest BCUT2D eigenvalue weighted by Crippen LogP contribution is -2.24. The van der Waals surface area contributed by atoms with Gasteiger partial charge in [-0.15, -0.1) is 0 Å². The van der Waals surface area contributed by atoms with Crippen LogP contribution in [0, 0.1) is 13.8 Å². The Kier molecular flexibility index (Phi) is 5.78. The van der Waals surface area contributed by atoms with Crippen LogP contribution in [0.2, 0.25) is 0 Å². The molecule has 0 aliphatic carbocycles. The minimum atomic E-state index is -0.385. The number of nitrogens with one attached hydrogen (secondary N) is 1. The molecule has 2 aromatic carbocycles. The molecule has 0 aliphatic heterocycles. The molecule has 0 saturated heterocycles. The Morgan fingerprint density at radius 2 is 1.83 bits per heavy atom. The molecule has 0 bridgehead atoms. The van der Waals surface area contributed by atoms with Gasteiger partial charge in [0.25, 0.3) is 5.91 Å². The number of hydrazone groups is 1. The number of hydrogen-bond acceptors (Lipinski definition) is 5. The molecule has 2 aromatic rings. The topological polar surface area (TPSA) is 80.2 Å². The minimum Gasteiger partial charge on any atom is -0.507 e. The molecule has 126 valence electrons. The molecular weight excluding hydrogens is 308 g/mol. The molecule has 2 rings (SSSR count). The minimum absolute atomic E-state index is 0.175. The van der Waals surface area contributed by atoms with Crippen LogP contribution in [0.3, 0.4) is 0 Å². The summed E-state index contributed by atoms with van der Waals surface area (Å²) in [7, 11) is 1.54. The summed E-state index contributed by atoms with van der Waals surface area (Å²) < 4.78 is 10.5. The maximum atomic E-state index is 11.8. The molecule has 0 spiro atoms. The van der Waals surface area contributed by atoms with E-state index in [0.29, 0.717) is 11.5 Å². The molecule has 1 amide bonds. The number of carbonyl (C=O) groups is 1. The van der Waals surface area contributed by atoms with Crippen LogP contribution in [-0.2, 0) is 4.79 Å². The van der Waals surface area contributed by atoms with E-state index in [1.807, 2.05) is 6.07 Å². The number of phenolic OH excluding ortho intramolecular Hbond substituents is 1. The quantitative estimate of drug-likeness (QED) is 0.631. The van der Waals surface area contributed by atoms with Gasteiger partial charge in [-0.1, -0.05) is 12.1 Å². The van der Waals surface area contributed by atoms with E-state index >= 15 is 0 Å². The van der Waals surface area contributed by atoms with Crippen molar-refractivity contribution >= 4 is 12.1 Å². The summed E-state index contributed by atoms with van der Waals surface area (Å²) in [5.74, 6) is 0.929. The van der Waals surface area contributed by atoms with Gasteiger partial charge >= 0.3 is 0 Å². The van der Waals surface area contributed by atoms with Crippen molar-refractivity contribution in [3.8, 4) is 17.2 Å². The summed E-state index contributed by atoms with van der Waals surface area (Å²) >= 11 is 0. The van der Waals surface area contributed by atoms with Gasteiger partial charge in [0, 0.05) is 0 Å². The van der Waals surface area contributed by atoms with Crippen LogP contribution >= 0.6 is 0 Å². The Labute approximate surface area is 140 Å². The number of phenols is 1. The summed E-state index contributed by atoms with van der Waals surface area (Å²) in [4.78, 5) is 11.8. The Bertz CT molecular complexity index is 733. The van der Waals surface area contributed by atoms with Crippen molar-refractivity contribution in [3.63, 3.8) is 0 Å². The number of benzene rings is 2. The number of methoxy groups -OCH3 is 1. The van der Waals surface area contributed by atoms with E-state index in [9.17, 15) is 9.90 Å². The molecule has 2 N–H and O–H groups in total. The largest absolute Gasteiger partial charge is 0.507 e. The lowest BCUT2D eigenvalue weighted by Gasteiger charge is -2.09. The van der Waals surface area contributed by atoms with Crippen LogP contribution in [0.25, 0.3) is 0 Å². The maximum absolute atomic E-state index is 11.8. The van der Waals surface area contributed by atoms with Crippen LogP contribution in [0.1, 0.15) is 16.7 Å². The molecule has 0 fully saturated rings. The van der Waals surface area contributed by atoms with Crippen molar-refractivity contribution in [3.05, 3.63) is 53.1 Å². The van der Waals surface area contributed by atoms with Crippen LogP contribution in [-0.4, -0.2) is 30.9 Å². The smallest absolute Gasteiger partial charge is 0.277 e. The van der Waals surface area contributed by atoms with Crippen molar-refractivity contribution in [1.29, 1.82) is 0 Å². The first-order valence-electron chi connectivity index (χ1n) is 7.39. The number of aryl methyl sites for hydroxylation is 2. The summed E-state index contributed by atoms with van der Waals surface area (Å²) in [5.41, 5.74) is 4.68. The van der Waals surface area contributed by atoms with Gasteiger partial charge in [0.2, 0.25) is 0 Å². The zero-order valence-electron chi connectivity index (χ0n) is 13.9. The van der Waals surface area contributed by atoms with Gasteiger partial charge in [-0.2, -0.15) is 5.10 Å². The van der Waals surface area contributed by atoms with E-state index in [1.165, 1.54) is 13.3 Å². The SMILES string of the molecule is COc1ccccc1OCC(=O)NN=Cc1cc(C)c(O)c(C)c1. The second kappa shape index (κ2) is 8.01. The number of nitrogens with zero attached hydrogens (tertiary/aromatic N) is 1. The number of para-hydroxylation sites is 2. The maximum Gasteiger partial charge on any atom is 0.277 e. The molecule has 0 radical (unpaired) electrons. The monoisotopic (exact) mass is 328 g/mol. The van der Waals surface area contributed by atoms with Crippen molar-refractivity contribution in [2.45, 2.75) is 13.8 Å². The lowest BCUT2D eigenvalue weighted by molar-refractivity contribution is -0.123. The molecule has 0 heterocycles. The van der Waals surface area contributed by atoms with E-state index < -0.39 is 0 Å². The molecule has 6 heteroatoms. The van der Waals surface area contributed by atoms with Crippen LogP contribution in [0.5, 0.6) is 17.2 Å². The molecule has 6 nitrogen and oxygen atoms in total. The van der Waals surface area contributed by atoms with Gasteiger partial charge in [0.05, 0.1) is 13.3 Å². The number of amides is 1. The average Bonchev–Trinajstić information content (AvgIpc) is 2.58. The fraction of sp³-hybridized carbons (Fsp3) is 0.222. The summed E-state index contributed by atoms with van der Waals surface area (Å²) in [5, 5.41) is 13.6. The number of aromatic hydroxyl groups is 1. The van der Waals surface area contributed by atoms with Crippen LogP contribution in [0.15, 0.2) is 41.5 Å². The molecule has 0 aromatic heterocycles. The Morgan fingerprint density at radius 1 is 1.21 bits per heavy atom. The third-order valence-corrected chi connectivity index (χ3v) is 3.34. The summed E-state index contributed by atoms with van der Waals surface area (Å²) in [6.07, 6.45) is 1.51. The van der Waals surface area contributed by atoms with E-state index in [-0.39, 0.29) is 18.3 Å². The highest BCUT2D eigenvalue weighted by atomic mass is 16.5. The van der Waals surface area contributed by atoms with E-state index in [4.69, 9.17) is 9.47 Å². The second-order valence-corrected chi connectivity index (χ2v) is 5.24. The Hall–Kier alpha value is -3.02. The van der Waals surface area contributed by atoms with E-state index in [1.54, 1.807) is 44.2 Å². The summed E-state index contributed by atoms with van der Waals surface area (Å²) in [6.45, 7) is 3.43. The van der Waals surface area contributed by atoms with Gasteiger partial charge in [0.15, 0.2) is 18.1 Å². The highest BCUT2D eigenvalue weighted by molar-refractivity contribution is 5.83. The normalized spacial score (nSPS) is 10.6. The van der Waals surface area contributed by atoms with Crippen LogP contribution in [0.4, 0.5) is 0 Å².